The van der Waals surface area contributed by atoms with E-state index in [4.69, 9.17) is 23.7 Å². The van der Waals surface area contributed by atoms with Gasteiger partial charge in [0.05, 0.1) is 6.61 Å². The summed E-state index contributed by atoms with van der Waals surface area (Å²) < 4.78 is 27.1. The van der Waals surface area contributed by atoms with Gasteiger partial charge in [0, 0.05) is 27.2 Å². The van der Waals surface area contributed by atoms with Crippen LogP contribution in [0, 0.1) is 0 Å². The van der Waals surface area contributed by atoms with Crippen LogP contribution >= 0.6 is 0 Å². The monoisotopic (exact) mass is 406 g/mol. The molecule has 1 aliphatic rings. The zero-order valence-electron chi connectivity index (χ0n) is 16.7. The molecule has 0 N–H and O–H groups in total. The lowest BCUT2D eigenvalue weighted by Crippen LogP contribution is -2.54. The SMILES string of the molecule is CC(=O)OC[C@H]1O[C@H](OC/C=C/c2ccccc2)C[C@@H](OC(C)=O)[C@@H]1OC(C)=O. The smallest absolute Gasteiger partial charge is 0.303 e. The summed E-state index contributed by atoms with van der Waals surface area (Å²) in [4.78, 5) is 34.2. The van der Waals surface area contributed by atoms with Gasteiger partial charge in [-0.05, 0) is 5.56 Å². The van der Waals surface area contributed by atoms with Crippen molar-refractivity contribution in [3.63, 3.8) is 0 Å². The third kappa shape index (κ3) is 8.05. The zero-order valence-corrected chi connectivity index (χ0v) is 16.7. The average Bonchev–Trinajstić information content (AvgIpc) is 2.65. The Labute approximate surface area is 169 Å². The molecule has 0 saturated carbocycles. The van der Waals surface area contributed by atoms with Gasteiger partial charge in [-0.15, -0.1) is 0 Å². The predicted molar refractivity (Wildman–Crippen MR) is 102 cm³/mol. The Morgan fingerprint density at radius 2 is 1.72 bits per heavy atom. The molecule has 4 atom stereocenters. The molecule has 8 heteroatoms. The average molecular weight is 406 g/mol. The number of benzene rings is 1. The van der Waals surface area contributed by atoms with Crippen molar-refractivity contribution in [2.24, 2.45) is 0 Å². The van der Waals surface area contributed by atoms with Gasteiger partial charge < -0.3 is 23.7 Å². The summed E-state index contributed by atoms with van der Waals surface area (Å²) in [6.45, 7) is 3.86. The fourth-order valence-electron chi connectivity index (χ4n) is 2.92. The second-order valence-corrected chi connectivity index (χ2v) is 6.51. The maximum absolute atomic E-state index is 11.5. The third-order valence-electron chi connectivity index (χ3n) is 4.04. The molecular formula is C21H26O8. The lowest BCUT2D eigenvalue weighted by molar-refractivity contribution is -0.263. The molecule has 0 bridgehead atoms. The van der Waals surface area contributed by atoms with Crippen molar-refractivity contribution >= 4 is 24.0 Å². The molecule has 1 heterocycles. The number of hydrogen-bond donors (Lipinski definition) is 0. The molecule has 29 heavy (non-hydrogen) atoms. The molecule has 0 amide bonds. The van der Waals surface area contributed by atoms with E-state index in [9.17, 15) is 14.4 Å². The van der Waals surface area contributed by atoms with Gasteiger partial charge >= 0.3 is 17.9 Å². The van der Waals surface area contributed by atoms with E-state index < -0.39 is 42.5 Å². The highest BCUT2D eigenvalue weighted by Gasteiger charge is 2.44. The van der Waals surface area contributed by atoms with Gasteiger partial charge in [-0.1, -0.05) is 42.5 Å². The van der Waals surface area contributed by atoms with Crippen LogP contribution in [-0.2, 0) is 38.1 Å². The van der Waals surface area contributed by atoms with E-state index >= 15 is 0 Å². The largest absolute Gasteiger partial charge is 0.463 e. The standard InChI is InChI=1S/C21H26O8/c1-14(22)26-13-19-21(28-16(3)24)18(27-15(2)23)12-20(29-19)25-11-7-10-17-8-5-4-6-9-17/h4-10,18-21H,11-13H2,1-3H3/b10-7+/t18-,19-,20+,21+/m1/s1. The van der Waals surface area contributed by atoms with E-state index in [0.29, 0.717) is 0 Å². The van der Waals surface area contributed by atoms with Gasteiger partial charge in [0.15, 0.2) is 12.4 Å². The summed E-state index contributed by atoms with van der Waals surface area (Å²) in [6, 6.07) is 9.72. The van der Waals surface area contributed by atoms with Gasteiger partial charge in [-0.3, -0.25) is 14.4 Å². The second kappa shape index (κ2) is 11.3. The quantitative estimate of drug-likeness (QED) is 0.479. The number of rotatable bonds is 8. The van der Waals surface area contributed by atoms with Crippen molar-refractivity contribution in [3.8, 4) is 0 Å². The Hall–Kier alpha value is -2.71. The van der Waals surface area contributed by atoms with Crippen molar-refractivity contribution in [2.75, 3.05) is 13.2 Å². The maximum atomic E-state index is 11.5. The second-order valence-electron chi connectivity index (χ2n) is 6.51. The van der Waals surface area contributed by atoms with Crippen molar-refractivity contribution in [2.45, 2.75) is 51.8 Å². The number of esters is 3. The number of hydrogen-bond acceptors (Lipinski definition) is 8. The van der Waals surface area contributed by atoms with Crippen molar-refractivity contribution in [3.05, 3.63) is 42.0 Å². The topological polar surface area (TPSA) is 97.4 Å². The Kier molecular flexibility index (Phi) is 8.82. The highest BCUT2D eigenvalue weighted by Crippen LogP contribution is 2.27. The Bertz CT molecular complexity index is 715. The van der Waals surface area contributed by atoms with E-state index in [1.807, 2.05) is 42.5 Å². The minimum absolute atomic E-state index is 0.162. The van der Waals surface area contributed by atoms with Crippen LogP contribution in [0.25, 0.3) is 6.08 Å². The highest BCUT2D eigenvalue weighted by molar-refractivity contribution is 5.67. The van der Waals surface area contributed by atoms with Crippen LogP contribution in [0.15, 0.2) is 36.4 Å². The van der Waals surface area contributed by atoms with Gasteiger partial charge in [0.2, 0.25) is 0 Å². The minimum Gasteiger partial charge on any atom is -0.463 e. The number of carbonyl (C=O) groups excluding carboxylic acids is 3. The zero-order chi connectivity index (χ0) is 21.2. The minimum atomic E-state index is -0.907. The van der Waals surface area contributed by atoms with E-state index in [2.05, 4.69) is 0 Å². The number of carbonyl (C=O) groups is 3. The summed E-state index contributed by atoms with van der Waals surface area (Å²) in [5.41, 5.74) is 1.03. The molecule has 0 aromatic heterocycles. The molecule has 1 aliphatic heterocycles. The molecule has 158 valence electrons. The summed E-state index contributed by atoms with van der Waals surface area (Å²) in [6.07, 6.45) is 0.664. The van der Waals surface area contributed by atoms with Crippen LogP contribution < -0.4 is 0 Å². The van der Waals surface area contributed by atoms with Gasteiger partial charge in [-0.25, -0.2) is 0 Å². The molecule has 1 aromatic carbocycles. The highest BCUT2D eigenvalue weighted by atomic mass is 16.7. The summed E-state index contributed by atoms with van der Waals surface area (Å²) in [5, 5.41) is 0. The first-order valence-corrected chi connectivity index (χ1v) is 9.31. The van der Waals surface area contributed by atoms with Gasteiger partial charge in [-0.2, -0.15) is 0 Å². The molecule has 1 fully saturated rings. The fraction of sp³-hybridized carbons (Fsp3) is 0.476. The molecular weight excluding hydrogens is 380 g/mol. The van der Waals surface area contributed by atoms with Crippen molar-refractivity contribution < 1.29 is 38.1 Å². The van der Waals surface area contributed by atoms with Crippen LogP contribution in [0.2, 0.25) is 0 Å². The number of ether oxygens (including phenoxy) is 5. The van der Waals surface area contributed by atoms with E-state index in [-0.39, 0.29) is 19.6 Å². The molecule has 0 spiro atoms. The molecule has 0 radical (unpaired) electrons. The van der Waals surface area contributed by atoms with Crippen molar-refractivity contribution in [1.29, 1.82) is 0 Å². The van der Waals surface area contributed by atoms with Crippen LogP contribution in [-0.4, -0.2) is 55.7 Å². The molecule has 0 unspecified atom stereocenters. The lowest BCUT2D eigenvalue weighted by atomic mass is 10.0. The van der Waals surface area contributed by atoms with Gasteiger partial charge in [0.25, 0.3) is 0 Å². The molecule has 8 nitrogen and oxygen atoms in total. The van der Waals surface area contributed by atoms with Crippen LogP contribution in [0.3, 0.4) is 0 Å². The predicted octanol–water partition coefficient (Wildman–Crippen LogP) is 2.26. The summed E-state index contributed by atoms with van der Waals surface area (Å²) in [5.74, 6) is -1.59. The Balaban J connectivity index is 2.03. The molecule has 0 aliphatic carbocycles. The molecule has 1 aromatic rings. The summed E-state index contributed by atoms with van der Waals surface area (Å²) in [7, 11) is 0. The van der Waals surface area contributed by atoms with Crippen molar-refractivity contribution in [1.82, 2.24) is 0 Å². The van der Waals surface area contributed by atoms with E-state index in [1.54, 1.807) is 0 Å². The lowest BCUT2D eigenvalue weighted by Gasteiger charge is -2.39. The van der Waals surface area contributed by atoms with Crippen LogP contribution in [0.1, 0.15) is 32.8 Å². The maximum Gasteiger partial charge on any atom is 0.303 e. The van der Waals surface area contributed by atoms with Crippen LogP contribution in [0.4, 0.5) is 0 Å². The molecule has 1 saturated heterocycles. The first kappa shape index (κ1) is 22.6. The summed E-state index contributed by atoms with van der Waals surface area (Å²) >= 11 is 0. The normalized spacial score (nSPS) is 24.1. The fourth-order valence-corrected chi connectivity index (χ4v) is 2.92. The van der Waals surface area contributed by atoms with E-state index in [1.165, 1.54) is 20.8 Å². The molecule has 2 rings (SSSR count). The van der Waals surface area contributed by atoms with E-state index in [0.717, 1.165) is 5.56 Å². The Morgan fingerprint density at radius 1 is 1.03 bits per heavy atom. The first-order valence-electron chi connectivity index (χ1n) is 9.31. The van der Waals surface area contributed by atoms with Crippen LogP contribution in [0.5, 0.6) is 0 Å². The van der Waals surface area contributed by atoms with Gasteiger partial charge in [0.1, 0.15) is 18.8 Å². The Morgan fingerprint density at radius 3 is 2.34 bits per heavy atom. The third-order valence-corrected chi connectivity index (χ3v) is 4.04. The first-order chi connectivity index (χ1) is 13.8.